The number of nitrogens with zero attached hydrogens (tertiary/aromatic N) is 1. The molecule has 1 aromatic carbocycles. The number of esters is 1. The SMILES string of the molecule is CC(OC(=O)c1ccc(COc2ccc(F)cc2)o1)C(=O)Nc1sccc1C#N. The van der Waals surface area contributed by atoms with Gasteiger partial charge in [-0.15, -0.1) is 11.3 Å². The average molecular weight is 414 g/mol. The molecule has 1 amide bonds. The number of anilines is 1. The molecule has 1 atom stereocenters. The number of ether oxygens (including phenoxy) is 2. The second-order valence-corrected chi connectivity index (χ2v) is 6.74. The van der Waals surface area contributed by atoms with Crippen LogP contribution in [0.5, 0.6) is 5.75 Å². The van der Waals surface area contributed by atoms with E-state index < -0.39 is 18.0 Å². The summed E-state index contributed by atoms with van der Waals surface area (Å²) in [6, 6.07) is 12.0. The van der Waals surface area contributed by atoms with Gasteiger partial charge in [0.15, 0.2) is 6.10 Å². The van der Waals surface area contributed by atoms with Crippen LogP contribution in [0.2, 0.25) is 0 Å². The minimum Gasteiger partial charge on any atom is -0.486 e. The first-order chi connectivity index (χ1) is 14.0. The maximum absolute atomic E-state index is 12.9. The van der Waals surface area contributed by atoms with Crippen LogP contribution in [0, 0.1) is 17.1 Å². The molecule has 3 aromatic rings. The zero-order chi connectivity index (χ0) is 20.8. The highest BCUT2D eigenvalue weighted by Gasteiger charge is 2.22. The Hall–Kier alpha value is -3.64. The number of halogens is 1. The topological polar surface area (TPSA) is 102 Å². The molecule has 0 aliphatic heterocycles. The lowest BCUT2D eigenvalue weighted by atomic mass is 10.3. The summed E-state index contributed by atoms with van der Waals surface area (Å²) in [7, 11) is 0. The second-order valence-electron chi connectivity index (χ2n) is 5.82. The first-order valence-corrected chi connectivity index (χ1v) is 9.30. The highest BCUT2D eigenvalue weighted by Crippen LogP contribution is 2.22. The minimum atomic E-state index is -1.10. The summed E-state index contributed by atoms with van der Waals surface area (Å²) < 4.78 is 28.8. The van der Waals surface area contributed by atoms with Crippen molar-refractivity contribution in [1.82, 2.24) is 0 Å². The smallest absolute Gasteiger partial charge is 0.375 e. The van der Waals surface area contributed by atoms with Gasteiger partial charge in [0.2, 0.25) is 5.76 Å². The number of hydrogen-bond acceptors (Lipinski definition) is 7. The molecule has 3 rings (SSSR count). The van der Waals surface area contributed by atoms with Crippen molar-refractivity contribution < 1.29 is 27.9 Å². The van der Waals surface area contributed by atoms with Crippen LogP contribution < -0.4 is 10.1 Å². The van der Waals surface area contributed by atoms with E-state index >= 15 is 0 Å². The van der Waals surface area contributed by atoms with E-state index in [1.165, 1.54) is 54.7 Å². The molecular formula is C20H15FN2O5S. The molecular weight excluding hydrogens is 399 g/mol. The molecule has 2 heterocycles. The molecule has 1 N–H and O–H groups in total. The molecule has 1 unspecified atom stereocenters. The summed E-state index contributed by atoms with van der Waals surface area (Å²) in [6.45, 7) is 1.44. The summed E-state index contributed by atoms with van der Waals surface area (Å²) in [6.07, 6.45) is -1.10. The standard InChI is InChI=1S/C20H15FN2O5S/c1-12(18(24)23-19-13(10-22)8-9-29-19)27-20(25)17-7-6-16(28-17)11-26-15-4-2-14(21)3-5-15/h2-9,12H,11H2,1H3,(H,23,24). The van der Waals surface area contributed by atoms with Gasteiger partial charge >= 0.3 is 5.97 Å². The first-order valence-electron chi connectivity index (χ1n) is 8.43. The van der Waals surface area contributed by atoms with Crippen molar-refractivity contribution in [3.8, 4) is 11.8 Å². The quantitative estimate of drug-likeness (QED) is 0.584. The molecule has 0 aliphatic carbocycles. The van der Waals surface area contributed by atoms with Crippen molar-refractivity contribution in [1.29, 1.82) is 5.26 Å². The lowest BCUT2D eigenvalue weighted by molar-refractivity contribution is -0.123. The van der Waals surface area contributed by atoms with E-state index in [-0.39, 0.29) is 18.2 Å². The Balaban J connectivity index is 1.53. The van der Waals surface area contributed by atoms with Gasteiger partial charge in [-0.1, -0.05) is 0 Å². The van der Waals surface area contributed by atoms with E-state index in [1.54, 1.807) is 11.4 Å². The second kappa shape index (κ2) is 9.03. The zero-order valence-electron chi connectivity index (χ0n) is 15.2. The predicted molar refractivity (Wildman–Crippen MR) is 102 cm³/mol. The highest BCUT2D eigenvalue weighted by molar-refractivity contribution is 7.14. The molecule has 0 spiro atoms. The van der Waals surface area contributed by atoms with E-state index in [2.05, 4.69) is 5.32 Å². The summed E-state index contributed by atoms with van der Waals surface area (Å²) in [4.78, 5) is 24.3. The normalized spacial score (nSPS) is 11.3. The van der Waals surface area contributed by atoms with Crippen LogP contribution in [0.3, 0.4) is 0 Å². The molecule has 29 heavy (non-hydrogen) atoms. The summed E-state index contributed by atoms with van der Waals surface area (Å²) in [5.41, 5.74) is 0.332. The Morgan fingerprint density at radius 2 is 2.00 bits per heavy atom. The fourth-order valence-corrected chi connectivity index (χ4v) is 2.97. The number of amides is 1. The summed E-state index contributed by atoms with van der Waals surface area (Å²) >= 11 is 1.19. The highest BCUT2D eigenvalue weighted by atomic mass is 32.1. The molecule has 0 saturated carbocycles. The number of carbonyl (C=O) groups is 2. The maximum Gasteiger partial charge on any atom is 0.375 e. The third-order valence-corrected chi connectivity index (χ3v) is 4.56. The number of nitriles is 1. The number of rotatable bonds is 7. The van der Waals surface area contributed by atoms with Crippen LogP contribution in [0.25, 0.3) is 0 Å². The summed E-state index contributed by atoms with van der Waals surface area (Å²) in [5, 5.41) is 13.6. The molecule has 0 bridgehead atoms. The fraction of sp³-hybridized carbons (Fsp3) is 0.150. The number of carbonyl (C=O) groups excluding carboxylic acids is 2. The molecule has 7 nitrogen and oxygen atoms in total. The van der Waals surface area contributed by atoms with E-state index in [0.717, 1.165) is 0 Å². The minimum absolute atomic E-state index is 0.0320. The van der Waals surface area contributed by atoms with Gasteiger partial charge in [0.25, 0.3) is 5.91 Å². The zero-order valence-corrected chi connectivity index (χ0v) is 16.0. The lowest BCUT2D eigenvalue weighted by Gasteiger charge is -2.12. The molecule has 0 fully saturated rings. The number of thiophene rings is 1. The largest absolute Gasteiger partial charge is 0.486 e. The van der Waals surface area contributed by atoms with Gasteiger partial charge in [-0.2, -0.15) is 5.26 Å². The molecule has 2 aromatic heterocycles. The van der Waals surface area contributed by atoms with Crippen LogP contribution in [-0.4, -0.2) is 18.0 Å². The number of nitrogens with one attached hydrogen (secondary N) is 1. The van der Waals surface area contributed by atoms with Gasteiger partial charge in [0.05, 0.1) is 5.56 Å². The average Bonchev–Trinajstić information content (AvgIpc) is 3.36. The van der Waals surface area contributed by atoms with Gasteiger partial charge < -0.3 is 19.2 Å². The molecule has 0 aliphatic rings. The van der Waals surface area contributed by atoms with E-state index in [0.29, 0.717) is 22.1 Å². The van der Waals surface area contributed by atoms with Gasteiger partial charge in [0.1, 0.15) is 35.0 Å². The number of hydrogen-bond donors (Lipinski definition) is 1. The van der Waals surface area contributed by atoms with Crippen LogP contribution in [0.4, 0.5) is 9.39 Å². The van der Waals surface area contributed by atoms with E-state index in [9.17, 15) is 14.0 Å². The Labute approximate surface area is 169 Å². The molecule has 0 radical (unpaired) electrons. The van der Waals surface area contributed by atoms with Gasteiger partial charge in [-0.05, 0) is 54.8 Å². The Kier molecular flexibility index (Phi) is 6.26. The van der Waals surface area contributed by atoms with Gasteiger partial charge in [0, 0.05) is 0 Å². The van der Waals surface area contributed by atoms with Crippen LogP contribution in [0.1, 0.15) is 28.8 Å². The van der Waals surface area contributed by atoms with E-state index in [1.807, 2.05) is 6.07 Å². The van der Waals surface area contributed by atoms with Crippen LogP contribution in [-0.2, 0) is 16.1 Å². The summed E-state index contributed by atoms with van der Waals surface area (Å²) in [5.74, 6) is -1.04. The Morgan fingerprint density at radius 1 is 1.24 bits per heavy atom. The third kappa shape index (κ3) is 5.21. The van der Waals surface area contributed by atoms with Crippen molar-refractivity contribution in [3.05, 3.63) is 70.7 Å². The van der Waals surface area contributed by atoms with Crippen LogP contribution in [0.15, 0.2) is 52.3 Å². The van der Waals surface area contributed by atoms with Gasteiger partial charge in [-0.25, -0.2) is 9.18 Å². The van der Waals surface area contributed by atoms with Crippen molar-refractivity contribution >= 4 is 28.2 Å². The predicted octanol–water partition coefficient (Wildman–Crippen LogP) is 4.11. The van der Waals surface area contributed by atoms with Crippen molar-refractivity contribution in [2.24, 2.45) is 0 Å². The monoisotopic (exact) mass is 414 g/mol. The van der Waals surface area contributed by atoms with E-state index in [4.69, 9.17) is 19.2 Å². The van der Waals surface area contributed by atoms with Gasteiger partial charge in [-0.3, -0.25) is 4.79 Å². The fourth-order valence-electron chi connectivity index (χ4n) is 2.23. The number of furan rings is 1. The van der Waals surface area contributed by atoms with Crippen molar-refractivity contribution in [2.75, 3.05) is 5.32 Å². The third-order valence-electron chi connectivity index (χ3n) is 3.73. The lowest BCUT2D eigenvalue weighted by Crippen LogP contribution is -2.29. The Bertz CT molecular complexity index is 1050. The molecule has 9 heteroatoms. The van der Waals surface area contributed by atoms with Crippen LogP contribution >= 0.6 is 11.3 Å². The number of benzene rings is 1. The Morgan fingerprint density at radius 3 is 2.72 bits per heavy atom. The van der Waals surface area contributed by atoms with Crippen molar-refractivity contribution in [2.45, 2.75) is 19.6 Å². The maximum atomic E-state index is 12.9. The first kappa shape index (κ1) is 20.1. The molecule has 148 valence electrons. The van der Waals surface area contributed by atoms with Crippen molar-refractivity contribution in [3.63, 3.8) is 0 Å². The molecule has 0 saturated heterocycles.